The molecule has 1 fully saturated rings. The number of hydrogen-bond donors (Lipinski definition) is 1. The van der Waals surface area contributed by atoms with Crippen molar-refractivity contribution in [2.24, 2.45) is 0 Å². The van der Waals surface area contributed by atoms with Crippen molar-refractivity contribution in [3.8, 4) is 11.5 Å². The average Bonchev–Trinajstić information content (AvgIpc) is 2.88. The summed E-state index contributed by atoms with van der Waals surface area (Å²) < 4.78 is 25.1. The number of ether oxygens (including phenoxy) is 2. The molecule has 4 rings (SSSR count). The molecule has 0 atom stereocenters. The van der Waals surface area contributed by atoms with Crippen molar-refractivity contribution < 1.29 is 28.2 Å². The van der Waals surface area contributed by atoms with E-state index in [1.165, 1.54) is 18.2 Å². The average molecular weight is 523 g/mol. The van der Waals surface area contributed by atoms with Crippen molar-refractivity contribution in [1.29, 1.82) is 0 Å². The van der Waals surface area contributed by atoms with Gasteiger partial charge in [0.2, 0.25) is 0 Å². The number of barbiturate groups is 1. The van der Waals surface area contributed by atoms with Crippen molar-refractivity contribution in [1.82, 2.24) is 5.32 Å². The summed E-state index contributed by atoms with van der Waals surface area (Å²) in [6, 6.07) is 16.5. The van der Waals surface area contributed by atoms with Gasteiger partial charge in [-0.05, 0) is 60.5 Å². The summed E-state index contributed by atoms with van der Waals surface area (Å²) in [6.45, 7) is 2.60. The molecule has 0 aliphatic carbocycles. The smallest absolute Gasteiger partial charge is 0.335 e. The predicted octanol–water partition coefficient (Wildman–Crippen LogP) is 5.90. The molecule has 0 spiro atoms. The highest BCUT2D eigenvalue weighted by Crippen LogP contribution is 2.29. The van der Waals surface area contributed by atoms with Crippen LogP contribution in [0.2, 0.25) is 5.02 Å². The summed E-state index contributed by atoms with van der Waals surface area (Å²) in [5, 5.41) is 2.40. The maximum absolute atomic E-state index is 13.8. The number of carbonyl (C=O) groups is 3. The maximum atomic E-state index is 13.8. The second-order valence-corrected chi connectivity index (χ2v) is 8.63. The molecule has 4 amide bonds. The number of nitrogens with one attached hydrogen (secondary N) is 1. The van der Waals surface area contributed by atoms with Crippen LogP contribution in [0.25, 0.3) is 6.08 Å². The Labute approximate surface area is 218 Å². The molecule has 1 saturated heterocycles. The second kappa shape index (κ2) is 11.7. The van der Waals surface area contributed by atoms with E-state index < -0.39 is 17.8 Å². The van der Waals surface area contributed by atoms with Crippen LogP contribution in [0.3, 0.4) is 0 Å². The number of rotatable bonds is 9. The van der Waals surface area contributed by atoms with Gasteiger partial charge in [-0.1, -0.05) is 49.2 Å². The minimum absolute atomic E-state index is 0.0206. The molecule has 1 heterocycles. The number of urea groups is 1. The molecule has 0 bridgehead atoms. The van der Waals surface area contributed by atoms with Gasteiger partial charge in [0.1, 0.15) is 29.5 Å². The number of halogens is 2. The minimum Gasteiger partial charge on any atom is -0.494 e. The molecule has 0 aromatic heterocycles. The molecule has 0 saturated carbocycles. The van der Waals surface area contributed by atoms with Crippen LogP contribution >= 0.6 is 11.6 Å². The zero-order valence-corrected chi connectivity index (χ0v) is 20.8. The number of imide groups is 2. The summed E-state index contributed by atoms with van der Waals surface area (Å²) in [5.41, 5.74) is 0.868. The van der Waals surface area contributed by atoms with Gasteiger partial charge in [-0.3, -0.25) is 14.9 Å². The van der Waals surface area contributed by atoms with Gasteiger partial charge in [0, 0.05) is 5.56 Å². The lowest BCUT2D eigenvalue weighted by atomic mass is 10.1. The van der Waals surface area contributed by atoms with Crippen molar-refractivity contribution in [3.63, 3.8) is 0 Å². The Morgan fingerprint density at radius 1 is 1.00 bits per heavy atom. The Hall–Kier alpha value is -4.17. The Morgan fingerprint density at radius 2 is 1.76 bits per heavy atom. The highest BCUT2D eigenvalue weighted by Gasteiger charge is 2.36. The first-order chi connectivity index (χ1) is 17.9. The monoisotopic (exact) mass is 522 g/mol. The molecule has 190 valence electrons. The minimum atomic E-state index is -0.846. The number of nitrogens with zero attached hydrogens (tertiary/aromatic N) is 1. The van der Waals surface area contributed by atoms with Gasteiger partial charge < -0.3 is 9.47 Å². The van der Waals surface area contributed by atoms with Gasteiger partial charge in [-0.15, -0.1) is 0 Å². The van der Waals surface area contributed by atoms with Gasteiger partial charge in [0.05, 0.1) is 17.3 Å². The van der Waals surface area contributed by atoms with Gasteiger partial charge >= 0.3 is 6.03 Å². The van der Waals surface area contributed by atoms with Crippen LogP contribution in [0.15, 0.2) is 72.3 Å². The molecule has 0 unspecified atom stereocenters. The molecule has 1 aliphatic heterocycles. The van der Waals surface area contributed by atoms with Crippen LogP contribution in [-0.4, -0.2) is 24.5 Å². The number of hydrogen-bond acceptors (Lipinski definition) is 5. The van der Waals surface area contributed by atoms with E-state index >= 15 is 0 Å². The topological polar surface area (TPSA) is 84.9 Å². The van der Waals surface area contributed by atoms with Crippen molar-refractivity contribution >= 4 is 41.2 Å². The van der Waals surface area contributed by atoms with Crippen LogP contribution in [0.5, 0.6) is 11.5 Å². The lowest BCUT2D eigenvalue weighted by molar-refractivity contribution is -0.122. The van der Waals surface area contributed by atoms with Gasteiger partial charge in [-0.25, -0.2) is 14.1 Å². The number of unbranched alkanes of at least 4 members (excludes halogenated alkanes) is 1. The van der Waals surface area contributed by atoms with Crippen LogP contribution in [-0.2, 0) is 16.2 Å². The first kappa shape index (κ1) is 25.9. The molecular formula is C28H24ClFN2O5. The van der Waals surface area contributed by atoms with Crippen LogP contribution in [0.1, 0.15) is 30.9 Å². The fourth-order valence-corrected chi connectivity index (χ4v) is 3.82. The van der Waals surface area contributed by atoms with E-state index in [0.717, 1.165) is 17.7 Å². The van der Waals surface area contributed by atoms with E-state index in [0.29, 0.717) is 34.9 Å². The van der Waals surface area contributed by atoms with Crippen molar-refractivity contribution in [2.45, 2.75) is 26.4 Å². The van der Waals surface area contributed by atoms with Crippen LogP contribution in [0, 0.1) is 5.82 Å². The lowest BCUT2D eigenvalue weighted by Gasteiger charge is -2.26. The maximum Gasteiger partial charge on any atom is 0.335 e. The van der Waals surface area contributed by atoms with E-state index in [2.05, 4.69) is 12.2 Å². The fraction of sp³-hybridized carbons (Fsp3) is 0.179. The Balaban J connectivity index is 1.51. The third kappa shape index (κ3) is 6.16. The largest absolute Gasteiger partial charge is 0.494 e. The standard InChI is InChI=1S/C28H24ClFN2O5/c1-2-3-14-36-21-11-9-20(10-12-21)32-27(34)22(26(33)31-28(32)35)15-18-8-13-25(23(29)16-18)37-17-19-6-4-5-7-24(19)30/h4-13,15-16H,2-3,14,17H2,1H3,(H,31,33,35)/b22-15-. The first-order valence-corrected chi connectivity index (χ1v) is 12.0. The van der Waals surface area contributed by atoms with Gasteiger partial charge in [-0.2, -0.15) is 0 Å². The van der Waals surface area contributed by atoms with E-state index in [-0.39, 0.29) is 23.0 Å². The lowest BCUT2D eigenvalue weighted by Crippen LogP contribution is -2.54. The molecule has 37 heavy (non-hydrogen) atoms. The van der Waals surface area contributed by atoms with Crippen LogP contribution in [0.4, 0.5) is 14.9 Å². The third-order valence-electron chi connectivity index (χ3n) is 5.57. The summed E-state index contributed by atoms with van der Waals surface area (Å²) in [4.78, 5) is 39.0. The normalized spacial score (nSPS) is 14.6. The summed E-state index contributed by atoms with van der Waals surface area (Å²) in [6.07, 6.45) is 3.25. The molecule has 9 heteroatoms. The van der Waals surface area contributed by atoms with E-state index in [9.17, 15) is 18.8 Å². The molecule has 0 radical (unpaired) electrons. The van der Waals surface area contributed by atoms with Crippen molar-refractivity contribution in [2.75, 3.05) is 11.5 Å². The SMILES string of the molecule is CCCCOc1ccc(N2C(=O)NC(=O)/C(=C/c3ccc(OCc4ccccc4F)c(Cl)c3)C2=O)cc1. The fourth-order valence-electron chi connectivity index (χ4n) is 3.58. The van der Waals surface area contributed by atoms with Crippen LogP contribution < -0.4 is 19.7 Å². The second-order valence-electron chi connectivity index (χ2n) is 8.22. The quantitative estimate of drug-likeness (QED) is 0.215. The molecule has 7 nitrogen and oxygen atoms in total. The zero-order valence-electron chi connectivity index (χ0n) is 20.0. The summed E-state index contributed by atoms with van der Waals surface area (Å²) >= 11 is 6.32. The Bertz CT molecular complexity index is 1360. The highest BCUT2D eigenvalue weighted by molar-refractivity contribution is 6.39. The number of carbonyl (C=O) groups excluding carboxylic acids is 3. The molecule has 3 aromatic carbocycles. The summed E-state index contributed by atoms with van der Waals surface area (Å²) in [7, 11) is 0. The number of anilines is 1. The van der Waals surface area contributed by atoms with E-state index in [4.69, 9.17) is 21.1 Å². The van der Waals surface area contributed by atoms with Crippen molar-refractivity contribution in [3.05, 3.63) is 94.3 Å². The predicted molar refractivity (Wildman–Crippen MR) is 138 cm³/mol. The first-order valence-electron chi connectivity index (χ1n) is 11.7. The number of amides is 4. The Kier molecular flexibility index (Phi) is 8.20. The Morgan fingerprint density at radius 3 is 2.46 bits per heavy atom. The highest BCUT2D eigenvalue weighted by atomic mass is 35.5. The third-order valence-corrected chi connectivity index (χ3v) is 5.87. The van der Waals surface area contributed by atoms with Gasteiger partial charge in [0.15, 0.2) is 0 Å². The summed E-state index contributed by atoms with van der Waals surface area (Å²) in [5.74, 6) is -1.06. The molecule has 1 aliphatic rings. The van der Waals surface area contributed by atoms with Gasteiger partial charge in [0.25, 0.3) is 11.8 Å². The van der Waals surface area contributed by atoms with E-state index in [1.54, 1.807) is 54.6 Å². The zero-order chi connectivity index (χ0) is 26.4. The molecule has 3 aromatic rings. The molecule has 1 N–H and O–H groups in total. The number of benzene rings is 3. The molecular weight excluding hydrogens is 499 g/mol. The van der Waals surface area contributed by atoms with E-state index in [1.807, 2.05) is 0 Å².